The summed E-state index contributed by atoms with van der Waals surface area (Å²) < 4.78 is 15.0. The Morgan fingerprint density at radius 1 is 0.967 bits per heavy atom. The van der Waals surface area contributed by atoms with Gasteiger partial charge >= 0.3 is 11.8 Å². The molecule has 1 aromatic heterocycles. The Kier molecular flexibility index (Phi) is 6.11. The molecule has 6 nitrogen and oxygen atoms in total. The number of carbonyl (C=O) groups is 2. The van der Waals surface area contributed by atoms with E-state index >= 15 is 0 Å². The summed E-state index contributed by atoms with van der Waals surface area (Å²) in [7, 11) is 0. The Bertz CT molecular complexity index is 1130. The van der Waals surface area contributed by atoms with E-state index in [-0.39, 0.29) is 0 Å². The number of hydrogen-bond acceptors (Lipinski definition) is 3. The predicted octanol–water partition coefficient (Wildman–Crippen LogP) is 3.94. The minimum atomic E-state index is -0.918. The largest absolute Gasteiger partial charge is 0.329 e. The van der Waals surface area contributed by atoms with Crippen LogP contribution < -0.4 is 10.7 Å². The Labute approximate surface area is 174 Å². The fourth-order valence-corrected chi connectivity index (χ4v) is 3.28. The van der Waals surface area contributed by atoms with Crippen LogP contribution >= 0.6 is 0 Å². The number of benzene rings is 2. The number of nitrogens with zero attached hydrogens (tertiary/aromatic N) is 2. The van der Waals surface area contributed by atoms with Crippen molar-refractivity contribution in [2.45, 2.75) is 27.7 Å². The molecule has 1 heterocycles. The molecule has 154 valence electrons. The van der Waals surface area contributed by atoms with Gasteiger partial charge in [0.15, 0.2) is 0 Å². The third kappa shape index (κ3) is 4.63. The van der Waals surface area contributed by atoms with E-state index < -0.39 is 17.6 Å². The Hall–Kier alpha value is -3.74. The van der Waals surface area contributed by atoms with Crippen molar-refractivity contribution in [2.75, 3.05) is 5.32 Å². The summed E-state index contributed by atoms with van der Waals surface area (Å²) >= 11 is 0. The van der Waals surface area contributed by atoms with Gasteiger partial charge in [-0.15, -0.1) is 0 Å². The quantitative estimate of drug-likeness (QED) is 0.391. The second-order valence-corrected chi connectivity index (χ2v) is 7.11. The third-order valence-electron chi connectivity index (χ3n) is 4.74. The molecule has 0 saturated carbocycles. The zero-order valence-corrected chi connectivity index (χ0v) is 17.3. The number of hydrazone groups is 1. The molecule has 7 heteroatoms. The second-order valence-electron chi connectivity index (χ2n) is 7.11. The summed E-state index contributed by atoms with van der Waals surface area (Å²) in [4.78, 5) is 23.9. The first kappa shape index (κ1) is 21.0. The van der Waals surface area contributed by atoms with Crippen molar-refractivity contribution < 1.29 is 14.0 Å². The Morgan fingerprint density at radius 2 is 1.67 bits per heavy atom. The van der Waals surface area contributed by atoms with Crippen molar-refractivity contribution in [1.29, 1.82) is 0 Å². The minimum Gasteiger partial charge on any atom is -0.318 e. The van der Waals surface area contributed by atoms with Gasteiger partial charge in [-0.05, 0) is 69.7 Å². The van der Waals surface area contributed by atoms with Crippen LogP contribution in [0.5, 0.6) is 0 Å². The van der Waals surface area contributed by atoms with E-state index in [0.717, 1.165) is 28.2 Å². The van der Waals surface area contributed by atoms with Crippen molar-refractivity contribution in [3.63, 3.8) is 0 Å². The van der Waals surface area contributed by atoms with Gasteiger partial charge in [0.2, 0.25) is 0 Å². The zero-order valence-electron chi connectivity index (χ0n) is 17.3. The van der Waals surface area contributed by atoms with Gasteiger partial charge in [-0.3, -0.25) is 9.59 Å². The fourth-order valence-electron chi connectivity index (χ4n) is 3.28. The lowest BCUT2D eigenvalue weighted by atomic mass is 10.1. The molecule has 0 radical (unpaired) electrons. The van der Waals surface area contributed by atoms with Gasteiger partial charge in [-0.2, -0.15) is 5.10 Å². The highest BCUT2D eigenvalue weighted by atomic mass is 19.1. The van der Waals surface area contributed by atoms with E-state index in [1.54, 1.807) is 0 Å². The maximum Gasteiger partial charge on any atom is 0.329 e. The van der Waals surface area contributed by atoms with Crippen LogP contribution in [-0.4, -0.2) is 22.6 Å². The Balaban J connectivity index is 1.70. The number of hydrogen-bond donors (Lipinski definition) is 2. The van der Waals surface area contributed by atoms with E-state index in [1.807, 2.05) is 19.9 Å². The summed E-state index contributed by atoms with van der Waals surface area (Å²) in [6.07, 6.45) is 1.51. The molecule has 0 saturated heterocycles. The number of carbonyl (C=O) groups excluding carboxylic acids is 2. The van der Waals surface area contributed by atoms with Crippen LogP contribution in [0.15, 0.2) is 53.6 Å². The summed E-state index contributed by atoms with van der Waals surface area (Å²) in [6, 6.07) is 13.3. The van der Waals surface area contributed by atoms with Gasteiger partial charge in [-0.25, -0.2) is 9.82 Å². The van der Waals surface area contributed by atoms with Gasteiger partial charge in [0.25, 0.3) is 0 Å². The first-order valence-electron chi connectivity index (χ1n) is 9.43. The molecule has 2 aromatic carbocycles. The van der Waals surface area contributed by atoms with Crippen LogP contribution in [0.1, 0.15) is 28.1 Å². The average Bonchev–Trinajstić information content (AvgIpc) is 2.97. The highest BCUT2D eigenvalue weighted by Crippen LogP contribution is 2.23. The molecule has 2 N–H and O–H groups in total. The molecule has 0 atom stereocenters. The van der Waals surface area contributed by atoms with Crippen molar-refractivity contribution >= 4 is 23.7 Å². The van der Waals surface area contributed by atoms with E-state index in [1.165, 1.54) is 36.0 Å². The number of amides is 2. The van der Waals surface area contributed by atoms with Crippen molar-refractivity contribution in [3.8, 4) is 5.69 Å². The summed E-state index contributed by atoms with van der Waals surface area (Å²) in [5.74, 6) is -2.24. The number of nitrogens with one attached hydrogen (secondary N) is 2. The Morgan fingerprint density at radius 3 is 2.33 bits per heavy atom. The van der Waals surface area contributed by atoms with Crippen LogP contribution in [0.25, 0.3) is 5.69 Å². The van der Waals surface area contributed by atoms with E-state index in [4.69, 9.17) is 0 Å². The molecular formula is C23H23FN4O2. The normalized spacial score (nSPS) is 11.0. The maximum absolute atomic E-state index is 12.9. The smallest absolute Gasteiger partial charge is 0.318 e. The molecule has 0 bridgehead atoms. The average molecular weight is 406 g/mol. The molecule has 0 spiro atoms. The van der Waals surface area contributed by atoms with Crippen molar-refractivity contribution in [2.24, 2.45) is 5.10 Å². The fraction of sp³-hybridized carbons (Fsp3) is 0.174. The summed E-state index contributed by atoms with van der Waals surface area (Å²) in [6.45, 7) is 8.09. The predicted molar refractivity (Wildman–Crippen MR) is 115 cm³/mol. The number of halogens is 1. The van der Waals surface area contributed by atoms with Crippen LogP contribution in [0.3, 0.4) is 0 Å². The monoisotopic (exact) mass is 406 g/mol. The molecule has 3 aromatic rings. The van der Waals surface area contributed by atoms with E-state index in [2.05, 4.69) is 52.5 Å². The molecule has 2 amide bonds. The van der Waals surface area contributed by atoms with Crippen molar-refractivity contribution in [1.82, 2.24) is 9.99 Å². The molecular weight excluding hydrogens is 383 g/mol. The number of anilines is 1. The van der Waals surface area contributed by atoms with Gasteiger partial charge < -0.3 is 9.88 Å². The van der Waals surface area contributed by atoms with Gasteiger partial charge in [0.05, 0.1) is 6.21 Å². The highest BCUT2D eigenvalue weighted by Gasteiger charge is 2.14. The third-order valence-corrected chi connectivity index (χ3v) is 4.74. The molecule has 3 rings (SSSR count). The SMILES string of the molecule is Cc1ccc(-n2c(C)cc(/C=N\NC(=O)C(=O)Nc3ccc(F)cc3)c2C)c(C)c1. The molecule has 0 aliphatic heterocycles. The van der Waals surface area contributed by atoms with Crippen LogP contribution in [0, 0.1) is 33.5 Å². The maximum atomic E-state index is 12.9. The lowest BCUT2D eigenvalue weighted by molar-refractivity contribution is -0.136. The number of rotatable bonds is 4. The lowest BCUT2D eigenvalue weighted by Crippen LogP contribution is -2.32. The number of aryl methyl sites for hydroxylation is 3. The summed E-state index contributed by atoms with van der Waals surface area (Å²) in [5.41, 5.74) is 8.79. The molecule has 30 heavy (non-hydrogen) atoms. The second kappa shape index (κ2) is 8.73. The van der Waals surface area contributed by atoms with Crippen LogP contribution in [0.4, 0.5) is 10.1 Å². The van der Waals surface area contributed by atoms with Gasteiger partial charge in [0.1, 0.15) is 5.82 Å². The first-order valence-corrected chi connectivity index (χ1v) is 9.43. The van der Waals surface area contributed by atoms with E-state index in [0.29, 0.717) is 5.69 Å². The standard InChI is InChI=1S/C23H23FN4O2/c1-14-5-10-21(15(2)11-14)28-16(3)12-18(17(28)4)13-25-27-23(30)22(29)26-20-8-6-19(24)7-9-20/h5-13H,1-4H3,(H,26,29)(H,27,30)/b25-13-. The summed E-state index contributed by atoms with van der Waals surface area (Å²) in [5, 5.41) is 6.28. The molecule has 0 fully saturated rings. The highest BCUT2D eigenvalue weighted by molar-refractivity contribution is 6.39. The first-order chi connectivity index (χ1) is 14.3. The van der Waals surface area contributed by atoms with Gasteiger partial charge in [0, 0.05) is 28.3 Å². The van der Waals surface area contributed by atoms with Crippen LogP contribution in [0.2, 0.25) is 0 Å². The lowest BCUT2D eigenvalue weighted by Gasteiger charge is -2.13. The minimum absolute atomic E-state index is 0.317. The van der Waals surface area contributed by atoms with E-state index in [9.17, 15) is 14.0 Å². The van der Waals surface area contributed by atoms with Crippen LogP contribution in [-0.2, 0) is 9.59 Å². The molecule has 0 unspecified atom stereocenters. The molecule has 0 aliphatic carbocycles. The number of aromatic nitrogens is 1. The van der Waals surface area contributed by atoms with Gasteiger partial charge in [-0.1, -0.05) is 17.7 Å². The topological polar surface area (TPSA) is 75.5 Å². The zero-order chi connectivity index (χ0) is 21.8. The van der Waals surface area contributed by atoms with Crippen molar-refractivity contribution in [3.05, 3.63) is 82.4 Å². The molecule has 0 aliphatic rings.